The molecule has 0 bridgehead atoms. The smallest absolute Gasteiger partial charge is 0.222 e. The van der Waals surface area contributed by atoms with Gasteiger partial charge in [0, 0.05) is 9.75 Å². The molecule has 0 aliphatic carbocycles. The average Bonchev–Trinajstić information content (AvgIpc) is 3.27. The van der Waals surface area contributed by atoms with Crippen molar-refractivity contribution in [2.45, 2.75) is 18.1 Å². The monoisotopic (exact) mass is 379 g/mol. The fourth-order valence-electron chi connectivity index (χ4n) is 1.94. The van der Waals surface area contributed by atoms with Crippen LogP contribution in [-0.4, -0.2) is 37.7 Å². The van der Waals surface area contributed by atoms with E-state index < -0.39 is 5.91 Å². The van der Waals surface area contributed by atoms with E-state index >= 15 is 0 Å². The third-order valence-electron chi connectivity index (χ3n) is 3.00. The van der Waals surface area contributed by atoms with Crippen molar-refractivity contribution < 1.29 is 9.59 Å². The normalized spacial score (nSPS) is 10.8. The van der Waals surface area contributed by atoms with E-state index in [0.717, 1.165) is 9.75 Å². The van der Waals surface area contributed by atoms with Gasteiger partial charge in [0.15, 0.2) is 5.78 Å². The Hall–Kier alpha value is -2.04. The summed E-state index contributed by atoms with van der Waals surface area (Å²) in [6.45, 7) is 0.586. The highest BCUT2D eigenvalue weighted by Crippen LogP contribution is 2.22. The predicted octanol–water partition coefficient (Wildman–Crippen LogP) is 1.85. The molecule has 3 aromatic heterocycles. The number of carbonyl (C=O) groups is 2. The summed E-state index contributed by atoms with van der Waals surface area (Å²) in [4.78, 5) is 25.7. The number of Topliss-reactive ketones (excluding diaryl/α,β-unsaturated/α-hetero) is 1. The maximum atomic E-state index is 12.3. The van der Waals surface area contributed by atoms with Crippen LogP contribution in [0.3, 0.4) is 0 Å². The summed E-state index contributed by atoms with van der Waals surface area (Å²) in [5.41, 5.74) is 5.16. The summed E-state index contributed by atoms with van der Waals surface area (Å²) in [6.07, 6.45) is 0.157. The molecule has 0 saturated heterocycles. The summed E-state index contributed by atoms with van der Waals surface area (Å²) >= 11 is 4.22. The minimum absolute atomic E-state index is 0.0219. The highest BCUT2D eigenvalue weighted by atomic mass is 32.2. The molecule has 0 fully saturated rings. The molecule has 10 heteroatoms. The van der Waals surface area contributed by atoms with Gasteiger partial charge in [-0.05, 0) is 34.0 Å². The van der Waals surface area contributed by atoms with Crippen LogP contribution < -0.4 is 5.73 Å². The lowest BCUT2D eigenvalue weighted by molar-refractivity contribution is -0.117. The number of hydrogen-bond acceptors (Lipinski definition) is 8. The number of amides is 1. The van der Waals surface area contributed by atoms with E-state index in [1.165, 1.54) is 23.1 Å². The Morgan fingerprint density at radius 3 is 2.88 bits per heavy atom. The first-order valence-electron chi connectivity index (χ1n) is 6.93. The lowest BCUT2D eigenvalue weighted by Gasteiger charge is -2.02. The molecule has 0 aliphatic rings. The molecule has 3 aromatic rings. The standard InChI is InChI=1S/C14H13N5O2S3/c15-13(21)6-9-3-4-12(24-9)11(20)8-23-14-16-17-18-19(14)7-10-2-1-5-22-10/h1-5H,6-8H2,(H2,15,21). The molecular weight excluding hydrogens is 366 g/mol. The highest BCUT2D eigenvalue weighted by Gasteiger charge is 2.14. The second-order valence-corrected chi connectivity index (χ2v) is 7.96. The van der Waals surface area contributed by atoms with Gasteiger partial charge in [0.05, 0.1) is 23.6 Å². The summed E-state index contributed by atoms with van der Waals surface area (Å²) in [5.74, 6) is -0.189. The van der Waals surface area contributed by atoms with Crippen LogP contribution >= 0.6 is 34.4 Å². The summed E-state index contributed by atoms with van der Waals surface area (Å²) in [6, 6.07) is 7.47. The van der Waals surface area contributed by atoms with Gasteiger partial charge in [0.25, 0.3) is 0 Å². The van der Waals surface area contributed by atoms with E-state index in [4.69, 9.17) is 5.73 Å². The number of nitrogens with zero attached hydrogens (tertiary/aromatic N) is 4. The Bertz CT molecular complexity index is 840. The Morgan fingerprint density at radius 1 is 1.25 bits per heavy atom. The minimum atomic E-state index is -0.405. The fourth-order valence-corrected chi connectivity index (χ4v) is 4.44. The quantitative estimate of drug-likeness (QED) is 0.473. The maximum Gasteiger partial charge on any atom is 0.222 e. The Morgan fingerprint density at radius 2 is 2.12 bits per heavy atom. The molecule has 7 nitrogen and oxygen atoms in total. The average molecular weight is 379 g/mol. The number of thioether (sulfide) groups is 1. The number of thiophene rings is 2. The summed E-state index contributed by atoms with van der Waals surface area (Å²) in [5, 5.41) is 14.2. The number of primary amides is 1. The zero-order chi connectivity index (χ0) is 16.9. The van der Waals surface area contributed by atoms with Gasteiger partial charge in [-0.2, -0.15) is 0 Å². The first-order valence-corrected chi connectivity index (χ1v) is 9.61. The first kappa shape index (κ1) is 16.8. The largest absolute Gasteiger partial charge is 0.369 e. The van der Waals surface area contributed by atoms with Gasteiger partial charge in [-0.1, -0.05) is 17.8 Å². The minimum Gasteiger partial charge on any atom is -0.369 e. The molecule has 1 amide bonds. The van der Waals surface area contributed by atoms with Crippen molar-refractivity contribution in [1.29, 1.82) is 0 Å². The molecular formula is C14H13N5O2S3. The summed E-state index contributed by atoms with van der Waals surface area (Å²) in [7, 11) is 0. The van der Waals surface area contributed by atoms with Crippen molar-refractivity contribution in [3.8, 4) is 0 Å². The molecule has 24 heavy (non-hydrogen) atoms. The van der Waals surface area contributed by atoms with E-state index in [1.54, 1.807) is 28.2 Å². The molecule has 0 unspecified atom stereocenters. The molecule has 3 heterocycles. The van der Waals surface area contributed by atoms with Gasteiger partial charge in [-0.25, -0.2) is 4.68 Å². The Kier molecular flexibility index (Phi) is 5.38. The topological polar surface area (TPSA) is 104 Å². The van der Waals surface area contributed by atoms with E-state index in [9.17, 15) is 9.59 Å². The number of hydrogen-bond donors (Lipinski definition) is 1. The zero-order valence-corrected chi connectivity index (χ0v) is 14.9. The molecule has 0 radical (unpaired) electrons. The van der Waals surface area contributed by atoms with Crippen molar-refractivity contribution in [3.05, 3.63) is 44.3 Å². The zero-order valence-electron chi connectivity index (χ0n) is 12.4. The molecule has 2 N–H and O–H groups in total. The van der Waals surface area contributed by atoms with E-state index in [1.807, 2.05) is 17.5 Å². The Labute approximate surface area is 149 Å². The molecule has 0 atom stereocenters. The number of rotatable bonds is 8. The number of tetrazole rings is 1. The van der Waals surface area contributed by atoms with Crippen LogP contribution in [0.5, 0.6) is 0 Å². The lowest BCUT2D eigenvalue weighted by Crippen LogP contribution is -2.12. The van der Waals surface area contributed by atoms with Gasteiger partial charge in [-0.15, -0.1) is 27.8 Å². The molecule has 0 aliphatic heterocycles. The number of ketones is 1. The van der Waals surface area contributed by atoms with Crippen molar-refractivity contribution in [1.82, 2.24) is 20.2 Å². The number of aromatic nitrogens is 4. The van der Waals surface area contributed by atoms with Crippen LogP contribution in [0.2, 0.25) is 0 Å². The van der Waals surface area contributed by atoms with Crippen LogP contribution in [0.15, 0.2) is 34.8 Å². The molecule has 0 saturated carbocycles. The van der Waals surface area contributed by atoms with Gasteiger partial charge >= 0.3 is 0 Å². The second-order valence-electron chi connectivity index (χ2n) is 4.82. The first-order chi connectivity index (χ1) is 11.6. The SMILES string of the molecule is NC(=O)Cc1ccc(C(=O)CSc2nnnn2Cc2cccs2)s1. The van der Waals surface area contributed by atoms with Gasteiger partial charge < -0.3 is 5.73 Å². The van der Waals surface area contributed by atoms with Crippen LogP contribution in [0.25, 0.3) is 0 Å². The second kappa shape index (κ2) is 7.69. The lowest BCUT2D eigenvalue weighted by atomic mass is 10.3. The van der Waals surface area contributed by atoms with Crippen LogP contribution in [0.1, 0.15) is 19.4 Å². The highest BCUT2D eigenvalue weighted by molar-refractivity contribution is 7.99. The van der Waals surface area contributed by atoms with Crippen LogP contribution in [-0.2, 0) is 17.8 Å². The molecule has 3 rings (SSSR count). The van der Waals surface area contributed by atoms with Gasteiger partial charge in [0.1, 0.15) is 0 Å². The van der Waals surface area contributed by atoms with E-state index in [0.29, 0.717) is 16.6 Å². The third kappa shape index (κ3) is 4.28. The molecule has 0 spiro atoms. The molecule has 0 aromatic carbocycles. The predicted molar refractivity (Wildman–Crippen MR) is 93.5 cm³/mol. The summed E-state index contributed by atoms with van der Waals surface area (Å²) < 4.78 is 1.68. The maximum absolute atomic E-state index is 12.3. The number of carbonyl (C=O) groups excluding carboxylic acids is 2. The number of nitrogens with two attached hydrogens (primary N) is 1. The van der Waals surface area contributed by atoms with Crippen LogP contribution in [0, 0.1) is 0 Å². The van der Waals surface area contributed by atoms with Crippen molar-refractivity contribution in [2.75, 3.05) is 5.75 Å². The van der Waals surface area contributed by atoms with Gasteiger partial charge in [-0.3, -0.25) is 9.59 Å². The molecule has 124 valence electrons. The van der Waals surface area contributed by atoms with E-state index in [-0.39, 0.29) is 18.0 Å². The van der Waals surface area contributed by atoms with Crippen molar-refractivity contribution >= 4 is 46.1 Å². The van der Waals surface area contributed by atoms with Crippen molar-refractivity contribution in [3.63, 3.8) is 0 Å². The van der Waals surface area contributed by atoms with Crippen LogP contribution in [0.4, 0.5) is 0 Å². The van der Waals surface area contributed by atoms with E-state index in [2.05, 4.69) is 15.5 Å². The van der Waals surface area contributed by atoms with Crippen molar-refractivity contribution in [2.24, 2.45) is 5.73 Å². The Balaban J connectivity index is 1.59. The van der Waals surface area contributed by atoms with Gasteiger partial charge in [0.2, 0.25) is 11.1 Å². The third-order valence-corrected chi connectivity index (χ3v) is 5.95. The fraction of sp³-hybridized carbons (Fsp3) is 0.214.